The Labute approximate surface area is 255 Å². The van der Waals surface area contributed by atoms with Gasteiger partial charge in [-0.15, -0.1) is 0 Å². The molecule has 0 spiro atoms. The molecule has 12 atom stereocenters. The lowest BCUT2D eigenvalue weighted by Crippen LogP contribution is -2.64. The molecule has 2 saturated heterocycles. The van der Waals surface area contributed by atoms with Gasteiger partial charge < -0.3 is 71.1 Å². The molecule has 0 N–H and O–H groups in total. The molecule has 12 unspecified atom stereocenters. The fraction of sp³-hybridized carbons (Fsp3) is 1.00. The van der Waals surface area contributed by atoms with Crippen molar-refractivity contribution in [1.82, 2.24) is 0 Å². The minimum Gasteiger partial charge on any atom is -0.382 e. The highest BCUT2D eigenvalue weighted by Crippen LogP contribution is 2.32. The van der Waals surface area contributed by atoms with Crippen LogP contribution in [-0.2, 0) is 71.1 Å². The number of rotatable bonds is 21. The van der Waals surface area contributed by atoms with Crippen molar-refractivity contribution in [3.8, 4) is 0 Å². The summed E-state index contributed by atoms with van der Waals surface area (Å²) in [5.74, 6) is 0. The monoisotopic (exact) mass is 630 g/mol. The number of ether oxygens (including phenoxy) is 15. The molecule has 0 aromatic rings. The quantitative estimate of drug-likeness (QED) is 0.167. The van der Waals surface area contributed by atoms with E-state index in [0.29, 0.717) is 0 Å². The van der Waals surface area contributed by atoms with E-state index in [0.717, 1.165) is 0 Å². The van der Waals surface area contributed by atoms with Crippen LogP contribution >= 0.6 is 0 Å². The predicted octanol–water partition coefficient (Wildman–Crippen LogP) is -0.103. The van der Waals surface area contributed by atoms with Gasteiger partial charge in [-0.2, -0.15) is 0 Å². The average Bonchev–Trinajstić information content (AvgIpc) is 3.03. The van der Waals surface area contributed by atoms with Crippen LogP contribution in [0.2, 0.25) is 0 Å². The zero-order valence-corrected chi connectivity index (χ0v) is 27.5. The summed E-state index contributed by atoms with van der Waals surface area (Å²) < 4.78 is 87.8. The van der Waals surface area contributed by atoms with Gasteiger partial charge >= 0.3 is 0 Å². The zero-order valence-electron chi connectivity index (χ0n) is 27.5. The summed E-state index contributed by atoms with van der Waals surface area (Å²) in [5.41, 5.74) is 0. The molecule has 0 aromatic carbocycles. The zero-order chi connectivity index (χ0) is 31.9. The van der Waals surface area contributed by atoms with Crippen LogP contribution in [0.4, 0.5) is 0 Å². The van der Waals surface area contributed by atoms with Gasteiger partial charge in [-0.25, -0.2) is 0 Å². The Morgan fingerprint density at radius 1 is 0.465 bits per heavy atom. The van der Waals surface area contributed by atoms with Gasteiger partial charge in [-0.3, -0.25) is 0 Å². The molecule has 0 radical (unpaired) electrons. The van der Waals surface area contributed by atoms with E-state index in [4.69, 9.17) is 71.1 Å². The second-order valence-corrected chi connectivity index (χ2v) is 10.1. The van der Waals surface area contributed by atoms with Gasteiger partial charge in [0.25, 0.3) is 0 Å². The summed E-state index contributed by atoms with van der Waals surface area (Å²) in [6.07, 6.45) is -8.03. The summed E-state index contributed by atoms with van der Waals surface area (Å²) in [4.78, 5) is 0. The van der Waals surface area contributed by atoms with Crippen LogP contribution in [0, 0.1) is 0 Å². The lowest BCUT2D eigenvalue weighted by molar-refractivity contribution is -0.352. The van der Waals surface area contributed by atoms with Gasteiger partial charge in [-0.05, 0) is 0 Å². The third-order valence-corrected chi connectivity index (χ3v) is 7.86. The third-order valence-electron chi connectivity index (χ3n) is 7.86. The van der Waals surface area contributed by atoms with Gasteiger partial charge in [0, 0.05) is 78.2 Å². The van der Waals surface area contributed by atoms with Crippen molar-refractivity contribution < 1.29 is 71.1 Å². The maximum atomic E-state index is 6.55. The van der Waals surface area contributed by atoms with Crippen LogP contribution < -0.4 is 0 Å². The molecule has 0 aliphatic carbocycles. The van der Waals surface area contributed by atoms with E-state index in [1.165, 1.54) is 0 Å². The number of hydrogen-bond acceptors (Lipinski definition) is 15. The Morgan fingerprint density at radius 3 is 1.28 bits per heavy atom. The molecule has 256 valence electrons. The molecule has 2 heterocycles. The van der Waals surface area contributed by atoms with Crippen molar-refractivity contribution in [3.05, 3.63) is 0 Å². The molecule has 0 saturated carbocycles. The minimum absolute atomic E-state index is 0.0230. The molecule has 0 aromatic heterocycles. The van der Waals surface area contributed by atoms with Crippen LogP contribution in [0.25, 0.3) is 0 Å². The van der Waals surface area contributed by atoms with E-state index >= 15 is 0 Å². The van der Waals surface area contributed by atoms with E-state index in [1.54, 1.807) is 78.2 Å². The SMILES string of the molecule is COCC(OC)C(OC1OC(COC2OC(COC)C(OC)C(OC)C2OC)C(OC)C(OC)C1OC)C(COC)OC. The summed E-state index contributed by atoms with van der Waals surface area (Å²) in [5, 5.41) is 0. The molecule has 2 aliphatic rings. The highest BCUT2D eigenvalue weighted by Gasteiger charge is 2.52. The van der Waals surface area contributed by atoms with E-state index in [9.17, 15) is 0 Å². The first-order valence-electron chi connectivity index (χ1n) is 14.1. The Morgan fingerprint density at radius 2 is 0.884 bits per heavy atom. The Bertz CT molecular complexity index is 706. The van der Waals surface area contributed by atoms with Crippen LogP contribution in [0.5, 0.6) is 0 Å². The predicted molar refractivity (Wildman–Crippen MR) is 150 cm³/mol. The largest absolute Gasteiger partial charge is 0.382 e. The molecule has 15 heteroatoms. The van der Waals surface area contributed by atoms with Crippen molar-refractivity contribution in [2.75, 3.05) is 105 Å². The van der Waals surface area contributed by atoms with Crippen molar-refractivity contribution in [1.29, 1.82) is 0 Å². The van der Waals surface area contributed by atoms with Crippen molar-refractivity contribution >= 4 is 0 Å². The molecular formula is C28H54O15. The van der Waals surface area contributed by atoms with Crippen LogP contribution in [0.3, 0.4) is 0 Å². The first-order valence-corrected chi connectivity index (χ1v) is 14.1. The normalized spacial score (nSPS) is 35.5. The first kappa shape index (κ1) is 38.6. The smallest absolute Gasteiger partial charge is 0.187 e. The van der Waals surface area contributed by atoms with Gasteiger partial charge in [0.1, 0.15) is 67.1 Å². The van der Waals surface area contributed by atoms with Crippen molar-refractivity contribution in [2.45, 2.75) is 79.7 Å². The summed E-state index contributed by atoms with van der Waals surface area (Å²) in [6, 6.07) is 0. The maximum absolute atomic E-state index is 6.55. The van der Waals surface area contributed by atoms with Gasteiger partial charge in [-0.1, -0.05) is 0 Å². The summed E-state index contributed by atoms with van der Waals surface area (Å²) in [6.45, 7) is 0.756. The van der Waals surface area contributed by atoms with E-state index in [2.05, 4.69) is 0 Å². The molecule has 2 rings (SSSR count). The van der Waals surface area contributed by atoms with Crippen molar-refractivity contribution in [2.24, 2.45) is 0 Å². The highest BCUT2D eigenvalue weighted by atomic mass is 16.8. The Kier molecular flexibility index (Phi) is 18.4. The van der Waals surface area contributed by atoms with Gasteiger partial charge in [0.05, 0.1) is 26.4 Å². The fourth-order valence-corrected chi connectivity index (χ4v) is 5.72. The molecule has 0 amide bonds. The molecule has 0 bridgehead atoms. The Hall–Kier alpha value is -0.600. The van der Waals surface area contributed by atoms with E-state index in [1.807, 2.05) is 0 Å². The molecular weight excluding hydrogens is 576 g/mol. The van der Waals surface area contributed by atoms with Gasteiger partial charge in [0.15, 0.2) is 12.6 Å². The van der Waals surface area contributed by atoms with Crippen molar-refractivity contribution in [3.63, 3.8) is 0 Å². The van der Waals surface area contributed by atoms with Crippen LogP contribution in [0.1, 0.15) is 0 Å². The Balaban J connectivity index is 2.35. The molecule has 43 heavy (non-hydrogen) atoms. The van der Waals surface area contributed by atoms with Crippen LogP contribution in [-0.4, -0.2) is 184 Å². The third kappa shape index (κ3) is 9.70. The second kappa shape index (κ2) is 20.5. The summed E-state index contributed by atoms with van der Waals surface area (Å²) in [7, 11) is 17.3. The topological polar surface area (TPSA) is 138 Å². The fourth-order valence-electron chi connectivity index (χ4n) is 5.72. The molecule has 2 fully saturated rings. The number of hydrogen-bond donors (Lipinski definition) is 0. The average molecular weight is 631 g/mol. The second-order valence-electron chi connectivity index (χ2n) is 10.1. The lowest BCUT2D eigenvalue weighted by Gasteiger charge is -2.47. The number of methoxy groups -OCH3 is 11. The summed E-state index contributed by atoms with van der Waals surface area (Å²) >= 11 is 0. The highest BCUT2D eigenvalue weighted by molar-refractivity contribution is 4.95. The van der Waals surface area contributed by atoms with Crippen LogP contribution in [0.15, 0.2) is 0 Å². The maximum Gasteiger partial charge on any atom is 0.187 e. The molecule has 2 aliphatic heterocycles. The first-order chi connectivity index (χ1) is 20.9. The van der Waals surface area contributed by atoms with E-state index in [-0.39, 0.29) is 26.4 Å². The van der Waals surface area contributed by atoms with E-state index < -0.39 is 79.7 Å². The minimum atomic E-state index is -0.944. The lowest BCUT2D eigenvalue weighted by atomic mass is 9.97. The standard InChI is InChI=1S/C28H54O15/c1-29-12-16(32-4)20(17(33-5)13-30-2)43-28-26(39-11)24(37-9)22(35-7)19(42-28)15-40-27-25(38-10)23(36-8)21(34-6)18(41-27)14-31-3/h16-28H,12-15H2,1-11H3. The molecule has 15 nitrogen and oxygen atoms in total. The van der Waals surface area contributed by atoms with Gasteiger partial charge in [0.2, 0.25) is 0 Å².